The minimum atomic E-state index is -0.520. The third-order valence-electron chi connectivity index (χ3n) is 6.73. The van der Waals surface area contributed by atoms with E-state index in [0.717, 1.165) is 45.8 Å². The molecule has 4 N–H and O–H groups in total. The minimum absolute atomic E-state index is 0.151. The van der Waals surface area contributed by atoms with Gasteiger partial charge in [-0.15, -0.1) is 15.3 Å². The number of aryl methyl sites for hydroxylation is 2. The number of unbranched alkanes of at least 4 members (excludes halogenated alkanes) is 1. The molecule has 2 aromatic heterocycles. The average molecular weight is 661 g/mol. The first-order chi connectivity index (χ1) is 22.8. The highest BCUT2D eigenvalue weighted by Crippen LogP contribution is 2.18. The van der Waals surface area contributed by atoms with Crippen molar-refractivity contribution in [2.75, 3.05) is 24.9 Å². The average Bonchev–Trinajstić information content (AvgIpc) is 3.52. The lowest BCUT2D eigenvalue weighted by molar-refractivity contribution is -0.116. The number of nitrogens with zero attached hydrogens (tertiary/aromatic N) is 4. The molecule has 4 aromatic rings. The van der Waals surface area contributed by atoms with E-state index in [9.17, 15) is 19.2 Å². The predicted molar refractivity (Wildman–Crippen MR) is 175 cm³/mol. The maximum atomic E-state index is 12.5. The smallest absolute Gasteiger partial charge is 0.407 e. The van der Waals surface area contributed by atoms with Crippen LogP contribution in [0.4, 0.5) is 20.5 Å². The molecule has 0 aliphatic heterocycles. The summed E-state index contributed by atoms with van der Waals surface area (Å²) in [5.74, 6) is -0.0610. The number of rotatable bonds is 15. The molecule has 0 atom stereocenters. The van der Waals surface area contributed by atoms with Gasteiger partial charge >= 0.3 is 12.2 Å². The van der Waals surface area contributed by atoms with Crippen LogP contribution < -0.4 is 21.3 Å². The van der Waals surface area contributed by atoms with Crippen LogP contribution in [0, 0.1) is 0 Å². The summed E-state index contributed by atoms with van der Waals surface area (Å²) in [5.41, 5.74) is 4.13. The van der Waals surface area contributed by atoms with E-state index >= 15 is 0 Å². The molecule has 246 valence electrons. The molecule has 4 amide bonds. The van der Waals surface area contributed by atoms with Crippen molar-refractivity contribution in [3.8, 4) is 0 Å². The van der Waals surface area contributed by atoms with Crippen LogP contribution in [0.25, 0.3) is 0 Å². The summed E-state index contributed by atoms with van der Waals surface area (Å²) in [5, 5.41) is 28.7. The molecule has 0 saturated heterocycles. The van der Waals surface area contributed by atoms with Crippen LogP contribution in [0.3, 0.4) is 0 Å². The molecule has 14 nitrogen and oxygen atoms in total. The number of alkyl carbamates (subject to hydrolysis) is 2. The fraction of sp³-hybridized carbons (Fsp3) is 0.312. The van der Waals surface area contributed by atoms with Crippen LogP contribution >= 0.6 is 11.3 Å². The van der Waals surface area contributed by atoms with Crippen molar-refractivity contribution in [3.05, 3.63) is 93.6 Å². The Morgan fingerprint density at radius 3 is 1.81 bits per heavy atom. The highest BCUT2D eigenvalue weighted by Gasteiger charge is 2.11. The molecule has 4 rings (SSSR count). The van der Waals surface area contributed by atoms with E-state index in [4.69, 9.17) is 0 Å². The second-order valence-corrected chi connectivity index (χ2v) is 11.5. The van der Waals surface area contributed by atoms with E-state index in [0.29, 0.717) is 36.9 Å². The molecule has 0 spiro atoms. The molecule has 0 unspecified atom stereocenters. The first-order valence-corrected chi connectivity index (χ1v) is 15.6. The van der Waals surface area contributed by atoms with Crippen LogP contribution in [0.5, 0.6) is 0 Å². The van der Waals surface area contributed by atoms with E-state index < -0.39 is 12.2 Å². The van der Waals surface area contributed by atoms with Crippen LogP contribution in [-0.2, 0) is 57.8 Å². The highest BCUT2D eigenvalue weighted by atomic mass is 32.1. The SMILES string of the molecule is COC(=O)NCc1cccc(CC(=O)Nc2ccc(CCCCc3nnc(NC(=O)Cc4cccc(CNC(=O)OC)c4)s3)nn2)c1. The molecule has 0 saturated carbocycles. The zero-order valence-corrected chi connectivity index (χ0v) is 26.9. The van der Waals surface area contributed by atoms with Crippen LogP contribution in [0.15, 0.2) is 60.7 Å². The topological polar surface area (TPSA) is 186 Å². The molecule has 15 heteroatoms. The number of ether oxygens (including phenoxy) is 2. The van der Waals surface area contributed by atoms with Crippen molar-refractivity contribution in [2.24, 2.45) is 0 Å². The number of carbonyl (C=O) groups is 4. The van der Waals surface area contributed by atoms with Crippen molar-refractivity contribution < 1.29 is 28.7 Å². The van der Waals surface area contributed by atoms with Gasteiger partial charge in [0.05, 0.1) is 32.8 Å². The van der Waals surface area contributed by atoms with Gasteiger partial charge in [0.25, 0.3) is 0 Å². The Kier molecular flexibility index (Phi) is 13.1. The Morgan fingerprint density at radius 2 is 1.23 bits per heavy atom. The number of hydrogen-bond acceptors (Lipinski definition) is 11. The van der Waals surface area contributed by atoms with E-state index in [1.165, 1.54) is 25.6 Å². The van der Waals surface area contributed by atoms with Crippen molar-refractivity contribution >= 4 is 46.3 Å². The summed E-state index contributed by atoms with van der Waals surface area (Å²) in [6.07, 6.45) is 2.40. The molecule has 47 heavy (non-hydrogen) atoms. The standard InChI is InChI=1S/C32H36N8O6S/c1-45-31(43)33-19-23-9-5-7-21(15-23)17-27(41)35-26-14-13-25(37-38-26)11-3-4-12-29-39-40-30(47-29)36-28(42)18-22-8-6-10-24(16-22)20-34-32(44)46-2/h5-10,13-16H,3-4,11-12,17-20H2,1-2H3,(H,33,43)(H,34,44)(H,35,38,41)(H,36,40,42). The van der Waals surface area contributed by atoms with Gasteiger partial charge in [-0.25, -0.2) is 9.59 Å². The summed E-state index contributed by atoms with van der Waals surface area (Å²) in [4.78, 5) is 47.6. The Hall–Kier alpha value is -5.44. The minimum Gasteiger partial charge on any atom is -0.453 e. The zero-order chi connectivity index (χ0) is 33.4. The number of aromatic nitrogens is 4. The fourth-order valence-electron chi connectivity index (χ4n) is 4.46. The lowest BCUT2D eigenvalue weighted by atomic mass is 10.1. The van der Waals surface area contributed by atoms with E-state index in [2.05, 4.69) is 51.1 Å². The van der Waals surface area contributed by atoms with Gasteiger partial charge in [-0.05, 0) is 53.6 Å². The summed E-state index contributed by atoms with van der Waals surface area (Å²) in [7, 11) is 2.60. The maximum Gasteiger partial charge on any atom is 0.407 e. The van der Waals surface area contributed by atoms with Gasteiger partial charge < -0.3 is 30.7 Å². The van der Waals surface area contributed by atoms with Crippen molar-refractivity contribution in [3.63, 3.8) is 0 Å². The van der Waals surface area contributed by atoms with E-state index in [1.807, 2.05) is 54.6 Å². The van der Waals surface area contributed by atoms with Gasteiger partial charge in [0, 0.05) is 19.5 Å². The number of anilines is 2. The number of nitrogens with one attached hydrogen (secondary N) is 4. The predicted octanol–water partition coefficient (Wildman–Crippen LogP) is 3.97. The lowest BCUT2D eigenvalue weighted by Gasteiger charge is -2.07. The Bertz CT molecular complexity index is 1660. The van der Waals surface area contributed by atoms with Gasteiger partial charge in [-0.2, -0.15) is 5.10 Å². The van der Waals surface area contributed by atoms with E-state index in [-0.39, 0.29) is 24.7 Å². The van der Waals surface area contributed by atoms with Crippen molar-refractivity contribution in [1.82, 2.24) is 31.0 Å². The molecule has 2 aromatic carbocycles. The molecule has 0 bridgehead atoms. The fourth-order valence-corrected chi connectivity index (χ4v) is 5.26. The third kappa shape index (κ3) is 12.1. The normalized spacial score (nSPS) is 10.5. The summed E-state index contributed by atoms with van der Waals surface area (Å²) < 4.78 is 9.15. The number of amides is 4. The molecule has 0 aliphatic carbocycles. The number of methoxy groups -OCH3 is 2. The quantitative estimate of drug-likeness (QED) is 0.136. The summed E-state index contributed by atoms with van der Waals surface area (Å²) >= 11 is 1.34. The van der Waals surface area contributed by atoms with Gasteiger partial charge in [0.15, 0.2) is 5.82 Å². The van der Waals surface area contributed by atoms with E-state index in [1.54, 1.807) is 6.07 Å². The van der Waals surface area contributed by atoms with Crippen molar-refractivity contribution in [1.29, 1.82) is 0 Å². The van der Waals surface area contributed by atoms with Crippen LogP contribution in [0.1, 0.15) is 45.8 Å². The van der Waals surface area contributed by atoms with Crippen LogP contribution in [0.2, 0.25) is 0 Å². The van der Waals surface area contributed by atoms with Gasteiger partial charge in [-0.3, -0.25) is 9.59 Å². The Morgan fingerprint density at radius 1 is 0.660 bits per heavy atom. The Labute approximate surface area is 275 Å². The molecule has 0 fully saturated rings. The number of carbonyl (C=O) groups excluding carboxylic acids is 4. The summed E-state index contributed by atoms with van der Waals surface area (Å²) in [6, 6.07) is 18.3. The van der Waals surface area contributed by atoms with Gasteiger partial charge in [0.1, 0.15) is 5.01 Å². The van der Waals surface area contributed by atoms with Gasteiger partial charge in [0.2, 0.25) is 16.9 Å². The number of hydrogen-bond donors (Lipinski definition) is 4. The second-order valence-electron chi connectivity index (χ2n) is 10.4. The monoisotopic (exact) mass is 660 g/mol. The van der Waals surface area contributed by atoms with Crippen molar-refractivity contribution in [2.45, 2.75) is 51.6 Å². The zero-order valence-electron chi connectivity index (χ0n) is 26.1. The highest BCUT2D eigenvalue weighted by molar-refractivity contribution is 7.15. The number of benzene rings is 2. The molecular weight excluding hydrogens is 624 g/mol. The molecule has 0 radical (unpaired) electrons. The second kappa shape index (κ2) is 17.9. The molecule has 0 aliphatic rings. The lowest BCUT2D eigenvalue weighted by Crippen LogP contribution is -2.22. The summed E-state index contributed by atoms with van der Waals surface area (Å²) in [6.45, 7) is 0.600. The molecular formula is C32H36N8O6S. The maximum absolute atomic E-state index is 12.5. The Balaban J connectivity index is 1.14. The van der Waals surface area contributed by atoms with Gasteiger partial charge in [-0.1, -0.05) is 59.9 Å². The van der Waals surface area contributed by atoms with Crippen LogP contribution in [-0.4, -0.2) is 58.6 Å². The first-order valence-electron chi connectivity index (χ1n) is 14.8. The first kappa shape index (κ1) is 34.4. The molecule has 2 heterocycles. The third-order valence-corrected chi connectivity index (χ3v) is 7.63. The largest absolute Gasteiger partial charge is 0.453 e.